The van der Waals surface area contributed by atoms with Gasteiger partial charge in [-0.1, -0.05) is 95.3 Å². The molecule has 4 saturated carbocycles. The topological polar surface area (TPSA) is 77.2 Å². The molecule has 312 valence electrons. The lowest BCUT2D eigenvalue weighted by atomic mass is 9.33. The van der Waals surface area contributed by atoms with Crippen LogP contribution in [0.25, 0.3) is 16.7 Å². The molecular weight excluding hydrogens is 738 g/mol. The van der Waals surface area contributed by atoms with Crippen LogP contribution in [0.2, 0.25) is 0 Å². The van der Waals surface area contributed by atoms with Gasteiger partial charge in [-0.15, -0.1) is 0 Å². The maximum Gasteiger partial charge on any atom is 0.407 e. The zero-order chi connectivity index (χ0) is 41.3. The van der Waals surface area contributed by atoms with Crippen LogP contribution in [0.3, 0.4) is 0 Å². The summed E-state index contributed by atoms with van der Waals surface area (Å²) in [7, 11) is 1.29. The van der Waals surface area contributed by atoms with Gasteiger partial charge in [0.15, 0.2) is 0 Å². The first-order valence-electron chi connectivity index (χ1n) is 22.5. The lowest BCUT2D eigenvalue weighted by molar-refractivity contribution is -0.221. The number of nitrogens with one attached hydrogen (secondary N) is 1. The highest BCUT2D eigenvalue weighted by atomic mass is 19.1. The third kappa shape index (κ3) is 5.50. The second-order valence-electron chi connectivity index (χ2n) is 21.3. The number of methoxy groups -OCH3 is 1. The van der Waals surface area contributed by atoms with E-state index in [-0.39, 0.29) is 50.4 Å². The van der Waals surface area contributed by atoms with Crippen LogP contribution in [0.5, 0.6) is 0 Å². The number of halogens is 1. The summed E-state index contributed by atoms with van der Waals surface area (Å²) in [5, 5.41) is 3.65. The molecule has 10 atom stereocenters. The van der Waals surface area contributed by atoms with Crippen LogP contribution in [-0.4, -0.2) is 43.5 Å². The van der Waals surface area contributed by atoms with Crippen LogP contribution in [-0.2, 0) is 14.2 Å². The molecule has 0 radical (unpaired) electrons. The number of allylic oxidation sites excluding steroid dienone is 2. The van der Waals surface area contributed by atoms with E-state index in [9.17, 15) is 9.59 Å². The molecule has 0 spiro atoms. The molecule has 10 rings (SSSR count). The molecule has 1 amide bonds. The van der Waals surface area contributed by atoms with Crippen molar-refractivity contribution >= 4 is 17.6 Å². The Hall–Kier alpha value is -3.97. The van der Waals surface area contributed by atoms with Gasteiger partial charge >= 0.3 is 12.1 Å². The molecule has 1 N–H and O–H groups in total. The number of ether oxygens (including phenoxy) is 3. The van der Waals surface area contributed by atoms with Gasteiger partial charge in [-0.25, -0.2) is 14.0 Å². The SMILES string of the molecule is COC(=O)c1ccc(C2=CC[C@]3(C)[C@H]4CC[C@@H]5[C@H]6[C@H](C7(C)CO7)CC[C@]6(NC(=O)OCC6c7ccccc7-c7ccccc76)CC[C@@]5(C)[C@]4(C)CC[C@H]3C2(C)C)cc1F. The quantitative estimate of drug-likeness (QED) is 0.198. The van der Waals surface area contributed by atoms with Crippen LogP contribution < -0.4 is 5.32 Å². The van der Waals surface area contributed by atoms with Gasteiger partial charge < -0.3 is 19.5 Å². The number of hydrogen-bond donors (Lipinski definition) is 1. The lowest BCUT2D eigenvalue weighted by Gasteiger charge is -2.72. The van der Waals surface area contributed by atoms with E-state index in [0.717, 1.165) is 63.5 Å². The summed E-state index contributed by atoms with van der Waals surface area (Å²) in [5.74, 6) is 1.03. The molecule has 1 aliphatic heterocycles. The zero-order valence-electron chi connectivity index (χ0n) is 36.1. The molecule has 1 unspecified atom stereocenters. The summed E-state index contributed by atoms with van der Waals surface area (Å²) < 4.78 is 32.7. The first-order valence-corrected chi connectivity index (χ1v) is 22.5. The molecule has 3 aromatic rings. The highest BCUT2D eigenvalue weighted by molar-refractivity contribution is 5.90. The minimum absolute atomic E-state index is 0.0227. The molecule has 6 nitrogen and oxygen atoms in total. The summed E-state index contributed by atoms with van der Waals surface area (Å²) in [5.41, 5.74) is 6.69. The molecule has 0 bridgehead atoms. The van der Waals surface area contributed by atoms with Gasteiger partial charge in [-0.05, 0) is 161 Å². The second-order valence-corrected chi connectivity index (χ2v) is 21.3. The Labute approximate surface area is 350 Å². The number of carbonyl (C=O) groups excluding carboxylic acids is 2. The first kappa shape index (κ1) is 39.2. The molecule has 7 heteroatoms. The predicted molar refractivity (Wildman–Crippen MR) is 228 cm³/mol. The third-order valence-electron chi connectivity index (χ3n) is 18.8. The summed E-state index contributed by atoms with van der Waals surface area (Å²) in [6, 6.07) is 22.1. The molecule has 5 fully saturated rings. The number of alkyl carbamates (subject to hydrolysis) is 1. The standard InChI is InChI=1S/C52H62FNO5/c1-47(2)38(31-16-17-36(41(53)28-31)45(55)57-7)20-23-48(3)42(47)22-24-50(5)43(48)19-18-39-44-40(51(6)30-59-51)21-25-52(44,27-26-49(39,50)4)54-46(56)58-29-37-34-14-10-8-12-32(34)33-13-9-11-15-35(33)37/h8-17,20,28,37,39-40,42-44H,18-19,21-27,29-30H2,1-7H3,(H,54,56)/t39-,40-,42+,43-,44+,48+,49-,50-,51?,52+/m1/s1. The first-order chi connectivity index (χ1) is 28.1. The monoisotopic (exact) mass is 799 g/mol. The maximum atomic E-state index is 15.3. The van der Waals surface area contributed by atoms with Gasteiger partial charge in [-0.3, -0.25) is 0 Å². The van der Waals surface area contributed by atoms with E-state index < -0.39 is 11.8 Å². The molecule has 3 aromatic carbocycles. The fraction of sp³-hybridized carbons (Fsp3) is 0.577. The van der Waals surface area contributed by atoms with Gasteiger partial charge in [0.25, 0.3) is 0 Å². The van der Waals surface area contributed by atoms with Crippen LogP contribution in [0.4, 0.5) is 9.18 Å². The Morgan fingerprint density at radius 2 is 1.49 bits per heavy atom. The van der Waals surface area contributed by atoms with Crippen LogP contribution in [0.1, 0.15) is 132 Å². The van der Waals surface area contributed by atoms with Crippen LogP contribution in [0.15, 0.2) is 72.8 Å². The number of benzene rings is 3. The fourth-order valence-corrected chi connectivity index (χ4v) is 15.7. The van der Waals surface area contributed by atoms with E-state index in [1.54, 1.807) is 6.07 Å². The normalized spacial score (nSPS) is 38.6. The summed E-state index contributed by atoms with van der Waals surface area (Å²) in [6.45, 7) is 16.0. The van der Waals surface area contributed by atoms with Crippen molar-refractivity contribution in [3.8, 4) is 11.1 Å². The third-order valence-corrected chi connectivity index (χ3v) is 18.8. The van der Waals surface area contributed by atoms with E-state index >= 15 is 4.39 Å². The van der Waals surface area contributed by atoms with E-state index in [2.05, 4.69) is 101 Å². The summed E-state index contributed by atoms with van der Waals surface area (Å²) in [6.07, 6.45) is 11.8. The van der Waals surface area contributed by atoms with Gasteiger partial charge in [-0.2, -0.15) is 0 Å². The predicted octanol–water partition coefficient (Wildman–Crippen LogP) is 11.8. The number of epoxide rings is 1. The maximum absolute atomic E-state index is 15.3. The largest absolute Gasteiger partial charge is 0.465 e. The van der Waals surface area contributed by atoms with Crippen molar-refractivity contribution in [2.45, 2.75) is 116 Å². The smallest absolute Gasteiger partial charge is 0.407 e. The second kappa shape index (κ2) is 13.3. The van der Waals surface area contributed by atoms with Gasteiger partial charge in [0.1, 0.15) is 12.4 Å². The van der Waals surface area contributed by atoms with E-state index in [1.807, 2.05) is 6.07 Å². The minimum Gasteiger partial charge on any atom is -0.465 e. The van der Waals surface area contributed by atoms with Crippen molar-refractivity contribution in [3.05, 3.63) is 101 Å². The minimum atomic E-state index is -0.648. The van der Waals surface area contributed by atoms with Crippen molar-refractivity contribution < 1.29 is 28.2 Å². The van der Waals surface area contributed by atoms with Gasteiger partial charge in [0.2, 0.25) is 0 Å². The fourth-order valence-electron chi connectivity index (χ4n) is 15.7. The van der Waals surface area contributed by atoms with Crippen molar-refractivity contribution in [1.82, 2.24) is 5.32 Å². The number of hydrogen-bond acceptors (Lipinski definition) is 5. The van der Waals surface area contributed by atoms with Crippen LogP contribution in [0, 0.1) is 57.1 Å². The molecule has 59 heavy (non-hydrogen) atoms. The van der Waals surface area contributed by atoms with Crippen molar-refractivity contribution in [3.63, 3.8) is 0 Å². The van der Waals surface area contributed by atoms with Crippen molar-refractivity contribution in [2.24, 2.45) is 51.2 Å². The molecule has 0 aromatic heterocycles. The van der Waals surface area contributed by atoms with E-state index in [1.165, 1.54) is 47.4 Å². The molecule has 1 heterocycles. The Balaban J connectivity index is 0.921. The van der Waals surface area contributed by atoms with Crippen molar-refractivity contribution in [2.75, 3.05) is 20.3 Å². The Kier molecular flexibility index (Phi) is 8.81. The number of rotatable bonds is 6. The molecule has 6 aliphatic carbocycles. The van der Waals surface area contributed by atoms with E-state index in [0.29, 0.717) is 36.2 Å². The number of carbonyl (C=O) groups is 2. The highest BCUT2D eigenvalue weighted by Crippen LogP contribution is 2.77. The Morgan fingerprint density at radius 1 is 0.797 bits per heavy atom. The highest BCUT2D eigenvalue weighted by Gasteiger charge is 2.72. The molecule has 7 aliphatic rings. The molecular formula is C52H62FNO5. The number of fused-ring (bicyclic) bond motifs is 10. The molecule has 1 saturated heterocycles. The zero-order valence-corrected chi connectivity index (χ0v) is 36.1. The average molecular weight is 800 g/mol. The Morgan fingerprint density at radius 3 is 2.15 bits per heavy atom. The van der Waals surface area contributed by atoms with Gasteiger partial charge in [0, 0.05) is 11.5 Å². The Bertz CT molecular complexity index is 2210. The number of amides is 1. The summed E-state index contributed by atoms with van der Waals surface area (Å²) in [4.78, 5) is 26.4. The lowest BCUT2D eigenvalue weighted by Crippen LogP contribution is -2.68. The van der Waals surface area contributed by atoms with Crippen LogP contribution >= 0.6 is 0 Å². The summed E-state index contributed by atoms with van der Waals surface area (Å²) >= 11 is 0. The number of esters is 1. The van der Waals surface area contributed by atoms with Crippen molar-refractivity contribution in [1.29, 1.82) is 0 Å². The van der Waals surface area contributed by atoms with E-state index in [4.69, 9.17) is 14.2 Å². The van der Waals surface area contributed by atoms with Gasteiger partial charge in [0.05, 0.1) is 24.9 Å². The average Bonchev–Trinajstić information content (AvgIpc) is 3.71.